The van der Waals surface area contributed by atoms with Crippen LogP contribution in [-0.4, -0.2) is 49.6 Å². The molecule has 2 aliphatic rings. The third-order valence-electron chi connectivity index (χ3n) is 5.55. The molecule has 3 N–H and O–H groups in total. The first-order valence-corrected chi connectivity index (χ1v) is 10.1. The molecular formula is C20H22FN7O3. The van der Waals surface area contributed by atoms with Gasteiger partial charge in [0, 0.05) is 38.2 Å². The second-order valence-electron chi connectivity index (χ2n) is 7.92. The summed E-state index contributed by atoms with van der Waals surface area (Å²) < 4.78 is 21.5. The predicted molar refractivity (Wildman–Crippen MR) is 109 cm³/mol. The molecule has 162 valence electrons. The number of carbonyl (C=O) groups excluding carboxylic acids is 1. The molecule has 11 heteroatoms. The lowest BCUT2D eigenvalue weighted by Gasteiger charge is -2.30. The highest BCUT2D eigenvalue weighted by atomic mass is 19.1. The second kappa shape index (κ2) is 7.34. The number of aliphatic hydroxyl groups is 1. The van der Waals surface area contributed by atoms with Crippen molar-refractivity contribution in [1.29, 1.82) is 0 Å². The van der Waals surface area contributed by atoms with Crippen LogP contribution >= 0.6 is 0 Å². The van der Waals surface area contributed by atoms with Gasteiger partial charge in [0.1, 0.15) is 17.3 Å². The lowest BCUT2D eigenvalue weighted by atomic mass is 10.1. The second-order valence-corrected chi connectivity index (χ2v) is 7.92. The zero-order valence-electron chi connectivity index (χ0n) is 16.9. The summed E-state index contributed by atoms with van der Waals surface area (Å²) in [6.07, 6.45) is 6.08. The molecule has 10 nitrogen and oxygen atoms in total. The Bertz CT molecular complexity index is 1150. The highest BCUT2D eigenvalue weighted by molar-refractivity contribution is 5.93. The number of hydrogen-bond donors (Lipinski definition) is 3. The summed E-state index contributed by atoms with van der Waals surface area (Å²) in [4.78, 5) is 23.2. The number of aromatic nitrogens is 4. The van der Waals surface area contributed by atoms with Crippen LogP contribution in [0.5, 0.6) is 5.88 Å². The highest BCUT2D eigenvalue weighted by Crippen LogP contribution is 2.40. The number of halogens is 1. The van der Waals surface area contributed by atoms with Crippen LogP contribution in [0, 0.1) is 5.82 Å². The first-order chi connectivity index (χ1) is 14.9. The maximum Gasteiger partial charge on any atom is 0.319 e. The van der Waals surface area contributed by atoms with E-state index in [9.17, 15) is 14.3 Å². The minimum absolute atomic E-state index is 0.0999. The van der Waals surface area contributed by atoms with E-state index in [2.05, 4.69) is 25.6 Å². The van der Waals surface area contributed by atoms with Crippen molar-refractivity contribution >= 4 is 23.2 Å². The topological polar surface area (TPSA) is 117 Å². The van der Waals surface area contributed by atoms with E-state index in [0.29, 0.717) is 29.3 Å². The Morgan fingerprint density at radius 2 is 2.26 bits per heavy atom. The molecule has 0 aromatic carbocycles. The van der Waals surface area contributed by atoms with Gasteiger partial charge in [0.2, 0.25) is 11.7 Å². The smallest absolute Gasteiger partial charge is 0.319 e. The van der Waals surface area contributed by atoms with E-state index in [1.165, 1.54) is 19.2 Å². The molecule has 0 spiro atoms. The van der Waals surface area contributed by atoms with Crippen LogP contribution in [0.15, 0.2) is 30.7 Å². The van der Waals surface area contributed by atoms with Gasteiger partial charge < -0.3 is 25.4 Å². The average Bonchev–Trinajstić information content (AvgIpc) is 3.35. The Hall–Kier alpha value is -3.47. The molecule has 3 aromatic rings. The molecule has 2 bridgehead atoms. The summed E-state index contributed by atoms with van der Waals surface area (Å²) in [6.45, 7) is 2.33. The van der Waals surface area contributed by atoms with Crippen molar-refractivity contribution in [2.45, 2.75) is 38.0 Å². The van der Waals surface area contributed by atoms with Gasteiger partial charge in [-0.1, -0.05) is 0 Å². The normalized spacial score (nSPS) is 23.9. The molecule has 0 unspecified atom stereocenters. The molecule has 0 saturated carbocycles. The number of fused-ring (bicyclic) bond motifs is 5. The molecule has 3 aromatic heterocycles. The van der Waals surface area contributed by atoms with Crippen molar-refractivity contribution in [3.63, 3.8) is 0 Å². The number of pyridine rings is 1. The minimum atomic E-state index is -1.61. The zero-order chi connectivity index (χ0) is 21.6. The van der Waals surface area contributed by atoms with Crippen LogP contribution in [0.25, 0.3) is 5.65 Å². The summed E-state index contributed by atoms with van der Waals surface area (Å²) in [7, 11) is 0. The van der Waals surface area contributed by atoms with Crippen molar-refractivity contribution in [2.24, 2.45) is 0 Å². The number of ether oxygens (including phenoxy) is 1. The van der Waals surface area contributed by atoms with Crippen LogP contribution < -0.4 is 20.3 Å². The van der Waals surface area contributed by atoms with Gasteiger partial charge in [0.25, 0.3) is 0 Å². The summed E-state index contributed by atoms with van der Waals surface area (Å²) in [5.74, 6) is -1.27. The Labute approximate surface area is 177 Å². The maximum absolute atomic E-state index is 14.2. The number of anilines is 2. The number of hydrogen-bond acceptors (Lipinski definition) is 7. The summed E-state index contributed by atoms with van der Waals surface area (Å²) >= 11 is 0. The number of nitrogens with one attached hydrogen (secondary N) is 2. The van der Waals surface area contributed by atoms with Gasteiger partial charge in [0.05, 0.1) is 18.4 Å². The van der Waals surface area contributed by atoms with Crippen LogP contribution in [-0.2, 0) is 0 Å². The quantitative estimate of drug-likeness (QED) is 0.504. The molecule has 1 saturated heterocycles. The number of urea groups is 1. The molecule has 5 heterocycles. The summed E-state index contributed by atoms with van der Waals surface area (Å²) in [5.41, 5.74) is 1.50. The number of amides is 2. The van der Waals surface area contributed by atoms with Crippen molar-refractivity contribution < 1.29 is 19.0 Å². The van der Waals surface area contributed by atoms with Crippen molar-refractivity contribution in [3.05, 3.63) is 42.1 Å². The summed E-state index contributed by atoms with van der Waals surface area (Å²) in [5, 5.41) is 20.4. The van der Waals surface area contributed by atoms with E-state index >= 15 is 0 Å². The van der Waals surface area contributed by atoms with E-state index in [4.69, 9.17) is 9.72 Å². The van der Waals surface area contributed by atoms with Gasteiger partial charge in [-0.3, -0.25) is 0 Å². The Morgan fingerprint density at radius 1 is 1.39 bits per heavy atom. The lowest BCUT2D eigenvalue weighted by Crippen LogP contribution is -2.39. The van der Waals surface area contributed by atoms with Crippen LogP contribution in [0.3, 0.4) is 0 Å². The van der Waals surface area contributed by atoms with E-state index in [-0.39, 0.29) is 24.9 Å². The highest BCUT2D eigenvalue weighted by Gasteiger charge is 2.33. The molecule has 1 fully saturated rings. The molecule has 0 aliphatic carbocycles. The lowest BCUT2D eigenvalue weighted by molar-refractivity contribution is -0.128. The Morgan fingerprint density at radius 3 is 3.13 bits per heavy atom. The molecule has 0 radical (unpaired) electrons. The van der Waals surface area contributed by atoms with Crippen LogP contribution in [0.2, 0.25) is 0 Å². The standard InChI is InChI=1S/C20H22FN7O3/c1-20(30)5-6-22-19(29)25-14-11-24-28-8-4-16(26-17(14)28)27-7-2-3-15(27)13-9-12(21)10-23-18(13)31-20/h4,8-11,15,30H,2-3,5-7H2,1H3,(H2,22,25,29)/t15-,20-/m1/s1. The SMILES string of the molecule is C[C@]1(O)CCNC(=O)Nc2cnn3ccc(nc23)N2CCC[C@@H]2c2cc(F)cnc2O1. The molecular weight excluding hydrogens is 405 g/mol. The third-order valence-corrected chi connectivity index (χ3v) is 5.55. The fraction of sp³-hybridized carbons (Fsp3) is 0.400. The van der Waals surface area contributed by atoms with E-state index < -0.39 is 17.6 Å². The Balaban J connectivity index is 1.64. The van der Waals surface area contributed by atoms with E-state index in [1.807, 2.05) is 6.07 Å². The largest absolute Gasteiger partial charge is 0.445 e. The molecule has 2 aliphatic heterocycles. The predicted octanol–water partition coefficient (Wildman–Crippen LogP) is 2.22. The van der Waals surface area contributed by atoms with Crippen LogP contribution in [0.1, 0.15) is 37.8 Å². The van der Waals surface area contributed by atoms with Crippen LogP contribution in [0.4, 0.5) is 20.7 Å². The van der Waals surface area contributed by atoms with Gasteiger partial charge >= 0.3 is 6.03 Å². The van der Waals surface area contributed by atoms with E-state index in [0.717, 1.165) is 19.0 Å². The fourth-order valence-electron chi connectivity index (χ4n) is 4.07. The van der Waals surface area contributed by atoms with Gasteiger partial charge in [-0.05, 0) is 25.0 Å². The Kier molecular flexibility index (Phi) is 4.62. The number of rotatable bonds is 0. The van der Waals surface area contributed by atoms with Crippen molar-refractivity contribution in [3.8, 4) is 5.88 Å². The van der Waals surface area contributed by atoms with E-state index in [1.54, 1.807) is 10.7 Å². The average molecular weight is 427 g/mol. The molecule has 2 amide bonds. The first kappa shape index (κ1) is 19.5. The van der Waals surface area contributed by atoms with Gasteiger partial charge in [-0.25, -0.2) is 23.7 Å². The number of nitrogens with zero attached hydrogens (tertiary/aromatic N) is 5. The molecule has 31 heavy (non-hydrogen) atoms. The molecule has 5 rings (SSSR count). The fourth-order valence-corrected chi connectivity index (χ4v) is 4.07. The number of carbonyl (C=O) groups is 1. The maximum atomic E-state index is 14.2. The van der Waals surface area contributed by atoms with Gasteiger partial charge in [-0.15, -0.1) is 0 Å². The minimum Gasteiger partial charge on any atom is -0.445 e. The van der Waals surface area contributed by atoms with Gasteiger partial charge in [-0.2, -0.15) is 5.10 Å². The first-order valence-electron chi connectivity index (χ1n) is 10.1. The summed E-state index contributed by atoms with van der Waals surface area (Å²) in [6, 6.07) is 2.54. The van der Waals surface area contributed by atoms with Crippen molar-refractivity contribution in [2.75, 3.05) is 23.3 Å². The van der Waals surface area contributed by atoms with Gasteiger partial charge in [0.15, 0.2) is 5.65 Å². The zero-order valence-corrected chi connectivity index (χ0v) is 16.9. The molecule has 2 atom stereocenters. The van der Waals surface area contributed by atoms with Crippen molar-refractivity contribution in [1.82, 2.24) is 24.9 Å². The monoisotopic (exact) mass is 427 g/mol. The third kappa shape index (κ3) is 3.72.